The maximum absolute atomic E-state index is 11.8. The second kappa shape index (κ2) is 7.97. The van der Waals surface area contributed by atoms with Crippen LogP contribution in [0.15, 0.2) is 24.3 Å². The second-order valence-corrected chi connectivity index (χ2v) is 4.86. The number of hydrogen-bond donors (Lipinski definition) is 0. The molecule has 4 heteroatoms. The summed E-state index contributed by atoms with van der Waals surface area (Å²) in [5, 5.41) is 0.711. The molecular weight excluding hydrogens is 262 g/mol. The Labute approximate surface area is 119 Å². The van der Waals surface area contributed by atoms with E-state index in [0.29, 0.717) is 18.2 Å². The fraction of sp³-hybridized carbons (Fsp3) is 0.400. The van der Waals surface area contributed by atoms with Gasteiger partial charge >= 0.3 is 0 Å². The molecule has 1 amide bonds. The van der Waals surface area contributed by atoms with Crippen molar-refractivity contribution in [3.05, 3.63) is 40.4 Å². The molecular formula is C15H20ClNO2. The molecule has 0 unspecified atom stereocenters. The minimum Gasteiger partial charge on any atom is -0.385 e. The second-order valence-electron chi connectivity index (χ2n) is 4.45. The molecule has 104 valence electrons. The van der Waals surface area contributed by atoms with E-state index in [1.165, 1.54) is 0 Å². The average Bonchev–Trinajstić information content (AvgIpc) is 2.40. The Morgan fingerprint density at radius 3 is 2.84 bits per heavy atom. The zero-order valence-corrected chi connectivity index (χ0v) is 12.4. The van der Waals surface area contributed by atoms with E-state index in [0.717, 1.165) is 17.5 Å². The lowest BCUT2D eigenvalue weighted by Gasteiger charge is -2.14. The number of amides is 1. The highest BCUT2D eigenvalue weighted by molar-refractivity contribution is 6.31. The van der Waals surface area contributed by atoms with Gasteiger partial charge in [-0.1, -0.05) is 23.7 Å². The number of carbonyl (C=O) groups excluding carboxylic acids is 1. The number of carbonyl (C=O) groups is 1. The standard InChI is InChI=1S/C15H20ClNO2/c1-12-5-6-13(11-14(12)16)7-8-15(18)17(2)9-4-10-19-3/h5-8,11H,4,9-10H2,1-3H3/b8-7+. The Bertz CT molecular complexity index is 457. The van der Waals surface area contributed by atoms with Gasteiger partial charge in [0.15, 0.2) is 0 Å². The van der Waals surface area contributed by atoms with E-state index in [2.05, 4.69) is 0 Å². The molecule has 0 saturated carbocycles. The van der Waals surface area contributed by atoms with Crippen LogP contribution < -0.4 is 0 Å². The largest absolute Gasteiger partial charge is 0.385 e. The highest BCUT2D eigenvalue weighted by atomic mass is 35.5. The highest BCUT2D eigenvalue weighted by Crippen LogP contribution is 2.17. The molecule has 0 bridgehead atoms. The lowest BCUT2D eigenvalue weighted by Crippen LogP contribution is -2.26. The zero-order valence-electron chi connectivity index (χ0n) is 11.6. The average molecular weight is 282 g/mol. The molecule has 0 N–H and O–H groups in total. The summed E-state index contributed by atoms with van der Waals surface area (Å²) in [6, 6.07) is 5.73. The van der Waals surface area contributed by atoms with Crippen molar-refractivity contribution < 1.29 is 9.53 Å². The van der Waals surface area contributed by atoms with Gasteiger partial charge in [0.2, 0.25) is 5.91 Å². The molecule has 0 fully saturated rings. The minimum absolute atomic E-state index is 0.0206. The van der Waals surface area contributed by atoms with Gasteiger partial charge in [0.1, 0.15) is 0 Å². The molecule has 0 aromatic heterocycles. The summed E-state index contributed by atoms with van der Waals surface area (Å²) in [5.41, 5.74) is 1.95. The van der Waals surface area contributed by atoms with Crippen molar-refractivity contribution in [1.29, 1.82) is 0 Å². The van der Waals surface area contributed by atoms with E-state index >= 15 is 0 Å². The summed E-state index contributed by atoms with van der Waals surface area (Å²) in [6.45, 7) is 3.30. The topological polar surface area (TPSA) is 29.5 Å². The van der Waals surface area contributed by atoms with Crippen LogP contribution in [0.1, 0.15) is 17.5 Å². The molecule has 0 saturated heterocycles. The van der Waals surface area contributed by atoms with Crippen LogP contribution in [0.3, 0.4) is 0 Å². The van der Waals surface area contributed by atoms with Crippen molar-refractivity contribution in [3.8, 4) is 0 Å². The highest BCUT2D eigenvalue weighted by Gasteiger charge is 2.04. The Balaban J connectivity index is 2.55. The maximum atomic E-state index is 11.8. The number of methoxy groups -OCH3 is 1. The molecule has 0 aliphatic carbocycles. The monoisotopic (exact) mass is 281 g/mol. The van der Waals surface area contributed by atoms with Crippen LogP contribution >= 0.6 is 11.6 Å². The molecule has 0 atom stereocenters. The number of hydrogen-bond acceptors (Lipinski definition) is 2. The molecule has 3 nitrogen and oxygen atoms in total. The third-order valence-corrected chi connectivity index (χ3v) is 3.24. The Morgan fingerprint density at radius 2 is 2.21 bits per heavy atom. The molecule has 19 heavy (non-hydrogen) atoms. The van der Waals surface area contributed by atoms with Crippen LogP contribution in [0.25, 0.3) is 6.08 Å². The van der Waals surface area contributed by atoms with Crippen LogP contribution in [0.5, 0.6) is 0 Å². The number of aryl methyl sites for hydroxylation is 1. The van der Waals surface area contributed by atoms with E-state index in [9.17, 15) is 4.79 Å². The molecule has 0 spiro atoms. The Hall–Kier alpha value is -1.32. The fourth-order valence-electron chi connectivity index (χ4n) is 1.56. The first-order chi connectivity index (χ1) is 9.04. The summed E-state index contributed by atoms with van der Waals surface area (Å²) in [7, 11) is 3.44. The van der Waals surface area contributed by atoms with Gasteiger partial charge in [0.05, 0.1) is 0 Å². The van der Waals surface area contributed by atoms with Crippen molar-refractivity contribution in [2.45, 2.75) is 13.3 Å². The number of rotatable bonds is 6. The van der Waals surface area contributed by atoms with Crippen molar-refractivity contribution in [2.75, 3.05) is 27.3 Å². The Kier molecular flexibility index (Phi) is 6.60. The summed E-state index contributed by atoms with van der Waals surface area (Å²) in [5.74, 6) is -0.0206. The van der Waals surface area contributed by atoms with Crippen LogP contribution in [0.4, 0.5) is 0 Å². The molecule has 0 aliphatic rings. The molecule has 0 aliphatic heterocycles. The van der Waals surface area contributed by atoms with Crippen molar-refractivity contribution >= 4 is 23.6 Å². The molecule has 1 rings (SSSR count). The summed E-state index contributed by atoms with van der Waals surface area (Å²) in [4.78, 5) is 13.5. The molecule has 1 aromatic carbocycles. The lowest BCUT2D eigenvalue weighted by molar-refractivity contribution is -0.124. The van der Waals surface area contributed by atoms with E-state index in [1.807, 2.05) is 25.1 Å². The van der Waals surface area contributed by atoms with Gasteiger partial charge in [-0.25, -0.2) is 0 Å². The van der Waals surface area contributed by atoms with Crippen molar-refractivity contribution in [1.82, 2.24) is 4.90 Å². The van der Waals surface area contributed by atoms with Gasteiger partial charge in [-0.15, -0.1) is 0 Å². The van der Waals surface area contributed by atoms with Gasteiger partial charge < -0.3 is 9.64 Å². The van der Waals surface area contributed by atoms with Crippen LogP contribution in [-0.4, -0.2) is 38.1 Å². The molecule has 0 radical (unpaired) electrons. The summed E-state index contributed by atoms with van der Waals surface area (Å²) in [6.07, 6.45) is 4.18. The number of likely N-dealkylation sites (N-methyl/N-ethyl adjacent to an activating group) is 1. The number of benzene rings is 1. The first-order valence-electron chi connectivity index (χ1n) is 6.23. The van der Waals surface area contributed by atoms with Crippen LogP contribution in [-0.2, 0) is 9.53 Å². The minimum atomic E-state index is -0.0206. The number of nitrogens with zero attached hydrogens (tertiary/aromatic N) is 1. The van der Waals surface area contributed by atoms with Crippen molar-refractivity contribution in [3.63, 3.8) is 0 Å². The predicted octanol–water partition coefficient (Wildman–Crippen LogP) is 3.16. The van der Waals surface area contributed by atoms with Crippen molar-refractivity contribution in [2.24, 2.45) is 0 Å². The van der Waals surface area contributed by atoms with Gasteiger partial charge in [-0.05, 0) is 36.6 Å². The first-order valence-corrected chi connectivity index (χ1v) is 6.60. The van der Waals surface area contributed by atoms with Gasteiger partial charge in [0.25, 0.3) is 0 Å². The lowest BCUT2D eigenvalue weighted by atomic mass is 10.1. The SMILES string of the molecule is COCCCN(C)C(=O)/C=C/c1ccc(C)c(Cl)c1. The van der Waals surface area contributed by atoms with E-state index < -0.39 is 0 Å². The normalized spacial score (nSPS) is 10.9. The fourth-order valence-corrected chi connectivity index (χ4v) is 1.75. The number of halogens is 1. The maximum Gasteiger partial charge on any atom is 0.246 e. The number of ether oxygens (including phenoxy) is 1. The van der Waals surface area contributed by atoms with Crippen LogP contribution in [0.2, 0.25) is 5.02 Å². The van der Waals surface area contributed by atoms with E-state index in [4.69, 9.17) is 16.3 Å². The van der Waals surface area contributed by atoms with Gasteiger partial charge in [-0.2, -0.15) is 0 Å². The van der Waals surface area contributed by atoms with Gasteiger partial charge in [-0.3, -0.25) is 4.79 Å². The summed E-state index contributed by atoms with van der Waals surface area (Å²) >= 11 is 6.03. The Morgan fingerprint density at radius 1 is 1.47 bits per heavy atom. The molecule has 1 aromatic rings. The van der Waals surface area contributed by atoms with Crippen LogP contribution in [0, 0.1) is 6.92 Å². The first kappa shape index (κ1) is 15.7. The summed E-state index contributed by atoms with van der Waals surface area (Å²) < 4.78 is 4.95. The van der Waals surface area contributed by atoms with E-state index in [-0.39, 0.29) is 5.91 Å². The third kappa shape index (κ3) is 5.45. The smallest absolute Gasteiger partial charge is 0.246 e. The predicted molar refractivity (Wildman–Crippen MR) is 79.4 cm³/mol. The van der Waals surface area contributed by atoms with Gasteiger partial charge in [0, 0.05) is 38.4 Å². The van der Waals surface area contributed by atoms with E-state index in [1.54, 1.807) is 31.2 Å². The quantitative estimate of drug-likeness (QED) is 0.592. The zero-order chi connectivity index (χ0) is 14.3. The third-order valence-electron chi connectivity index (χ3n) is 2.83. The molecule has 0 heterocycles.